The van der Waals surface area contributed by atoms with Gasteiger partial charge < -0.3 is 78.4 Å². The summed E-state index contributed by atoms with van der Waals surface area (Å²) in [5, 5.41) is 84.3. The second kappa shape index (κ2) is 14.4. The van der Waals surface area contributed by atoms with Gasteiger partial charge in [0.15, 0.2) is 18.2 Å². The minimum atomic E-state index is -2.33. The highest BCUT2D eigenvalue weighted by atomic mass is 16.8. The number of hydrogen-bond acceptors (Lipinski definition) is 18. The Hall–Kier alpha value is -4.08. The lowest BCUT2D eigenvalue weighted by Gasteiger charge is -2.42. The van der Waals surface area contributed by atoms with E-state index in [9.17, 15) is 50.4 Å². The van der Waals surface area contributed by atoms with E-state index in [1.807, 2.05) is 0 Å². The number of hydrogen-bond donors (Lipinski definition) is 8. The maximum atomic E-state index is 14.2. The van der Waals surface area contributed by atoms with E-state index in [2.05, 4.69) is 0 Å². The molecule has 0 saturated carbocycles. The molecule has 0 bridgehead atoms. The average molecular weight is 737 g/mol. The fourth-order valence-electron chi connectivity index (χ4n) is 6.39. The van der Waals surface area contributed by atoms with Crippen LogP contribution < -0.4 is 14.9 Å². The zero-order chi connectivity index (χ0) is 37.8. The summed E-state index contributed by atoms with van der Waals surface area (Å²) in [4.78, 5) is 26.8. The van der Waals surface area contributed by atoms with E-state index in [4.69, 9.17) is 37.6 Å². The number of fused-ring (bicyclic) bond motifs is 1. The topological polar surface area (TPSA) is 274 Å². The standard InChI is InChI=1S/C34H40O18/c1-12-11-34(44,32(43)45-4)33(46-12)52-29-25(41)22(38)14(3)48-31(29)51-28-23(39)20-18(36)9-17(49-30-26(42)24(40)21(37)13(2)47-30)10-19(20)50-27(28)15-5-7-16(35)8-6-15/h5-10,12-14,21-22,24-26,29-31,33,35-38,40-42,44H,11H2,1-4H3/t12-,13+,14+,21+,22+,24-,25-,26-,29-,30+,31+,33+,34+/m1/s1. The summed E-state index contributed by atoms with van der Waals surface area (Å²) < 4.78 is 45.4. The Morgan fingerprint density at radius 2 is 1.46 bits per heavy atom. The molecule has 6 rings (SSSR count). The number of aliphatic hydroxyl groups excluding tert-OH is 5. The zero-order valence-electron chi connectivity index (χ0n) is 28.3. The molecule has 0 aliphatic carbocycles. The highest BCUT2D eigenvalue weighted by molar-refractivity contribution is 5.88. The van der Waals surface area contributed by atoms with Crippen molar-refractivity contribution in [3.63, 3.8) is 0 Å². The number of carbonyl (C=O) groups is 1. The molecule has 18 nitrogen and oxygen atoms in total. The number of rotatable bonds is 8. The molecule has 1 aromatic heterocycles. The maximum absolute atomic E-state index is 14.2. The van der Waals surface area contributed by atoms with Crippen molar-refractivity contribution < 1.29 is 83.2 Å². The van der Waals surface area contributed by atoms with Gasteiger partial charge in [-0.15, -0.1) is 0 Å². The number of aliphatic hydroxyl groups is 6. The quantitative estimate of drug-likeness (QED) is 0.133. The van der Waals surface area contributed by atoms with Crippen LogP contribution in [0.15, 0.2) is 45.6 Å². The molecule has 3 aromatic rings. The third kappa shape index (κ3) is 6.78. The smallest absolute Gasteiger partial charge is 0.343 e. The Labute approximate surface area is 294 Å². The van der Waals surface area contributed by atoms with Crippen molar-refractivity contribution in [2.75, 3.05) is 7.11 Å². The van der Waals surface area contributed by atoms with Crippen LogP contribution in [0.3, 0.4) is 0 Å². The van der Waals surface area contributed by atoms with Gasteiger partial charge in [0.05, 0.1) is 25.4 Å². The van der Waals surface area contributed by atoms with Gasteiger partial charge in [0.1, 0.15) is 58.7 Å². The molecule has 0 spiro atoms. The van der Waals surface area contributed by atoms with E-state index in [0.29, 0.717) is 0 Å². The van der Waals surface area contributed by atoms with Gasteiger partial charge in [-0.2, -0.15) is 0 Å². The number of phenols is 2. The zero-order valence-corrected chi connectivity index (χ0v) is 28.3. The predicted octanol–water partition coefficient (Wildman–Crippen LogP) is -0.653. The van der Waals surface area contributed by atoms with Crippen LogP contribution in [-0.2, 0) is 28.5 Å². The summed E-state index contributed by atoms with van der Waals surface area (Å²) in [6.07, 6.45) is -17.8. The molecule has 0 unspecified atom stereocenters. The number of ether oxygens (including phenoxy) is 7. The summed E-state index contributed by atoms with van der Waals surface area (Å²) in [7, 11) is 1.05. The molecule has 0 radical (unpaired) electrons. The molecule has 284 valence electrons. The number of methoxy groups -OCH3 is 1. The monoisotopic (exact) mass is 736 g/mol. The van der Waals surface area contributed by atoms with E-state index in [1.54, 1.807) is 6.92 Å². The third-order valence-electron chi connectivity index (χ3n) is 9.28. The summed E-state index contributed by atoms with van der Waals surface area (Å²) in [6, 6.07) is 7.56. The number of carbonyl (C=O) groups excluding carboxylic acids is 1. The minimum absolute atomic E-state index is 0.130. The van der Waals surface area contributed by atoms with Crippen molar-refractivity contribution in [1.29, 1.82) is 0 Å². The Balaban J connectivity index is 1.41. The van der Waals surface area contributed by atoms with Crippen LogP contribution in [0, 0.1) is 0 Å². The predicted molar refractivity (Wildman–Crippen MR) is 172 cm³/mol. The molecule has 13 atom stereocenters. The molecule has 3 aliphatic rings. The Morgan fingerprint density at radius 3 is 2.12 bits per heavy atom. The third-order valence-corrected chi connectivity index (χ3v) is 9.28. The molecule has 52 heavy (non-hydrogen) atoms. The van der Waals surface area contributed by atoms with Gasteiger partial charge in [0, 0.05) is 24.1 Å². The number of esters is 1. The lowest BCUT2D eigenvalue weighted by atomic mass is 9.97. The van der Waals surface area contributed by atoms with Crippen LogP contribution in [0.1, 0.15) is 27.2 Å². The molecule has 3 saturated heterocycles. The van der Waals surface area contributed by atoms with Crippen molar-refractivity contribution in [2.24, 2.45) is 0 Å². The molecular formula is C34H40O18. The van der Waals surface area contributed by atoms with Gasteiger partial charge in [-0.1, -0.05) is 0 Å². The van der Waals surface area contributed by atoms with Crippen molar-refractivity contribution in [1.82, 2.24) is 0 Å². The summed E-state index contributed by atoms with van der Waals surface area (Å²) >= 11 is 0. The van der Waals surface area contributed by atoms with Crippen LogP contribution in [-0.4, -0.2) is 133 Å². The first-order valence-corrected chi connectivity index (χ1v) is 16.3. The first-order chi connectivity index (χ1) is 24.5. The lowest BCUT2D eigenvalue weighted by Crippen LogP contribution is -2.62. The van der Waals surface area contributed by atoms with E-state index in [1.165, 1.54) is 44.2 Å². The first kappa shape index (κ1) is 37.7. The SMILES string of the molecule is COC(=O)[C@@]1(O)C[C@@H](C)O[C@H]1O[C@H]1[C@H](Oc2c(-c3ccc(O)cc3)oc3cc(O[C@@H]4O[C@@H](C)[C@H](O)[C@@H](O)[C@H]4O)cc(O)c3c2=O)O[C@@H](C)[C@H](O)[C@H]1O. The van der Waals surface area contributed by atoms with E-state index >= 15 is 0 Å². The first-order valence-electron chi connectivity index (χ1n) is 16.3. The second-order valence-corrected chi connectivity index (χ2v) is 13.1. The van der Waals surface area contributed by atoms with Crippen LogP contribution in [0.25, 0.3) is 22.3 Å². The van der Waals surface area contributed by atoms with Gasteiger partial charge in [-0.25, -0.2) is 4.79 Å². The van der Waals surface area contributed by atoms with Crippen molar-refractivity contribution in [3.05, 3.63) is 46.6 Å². The molecule has 3 aliphatic heterocycles. The minimum Gasteiger partial charge on any atom is -0.508 e. The number of aromatic hydroxyl groups is 2. The normalized spacial score (nSPS) is 36.4. The lowest BCUT2D eigenvalue weighted by molar-refractivity contribution is -0.322. The van der Waals surface area contributed by atoms with Crippen molar-refractivity contribution in [2.45, 2.75) is 107 Å². The fourth-order valence-corrected chi connectivity index (χ4v) is 6.39. The summed E-state index contributed by atoms with van der Waals surface area (Å²) in [6.45, 7) is 4.41. The molecule has 2 aromatic carbocycles. The van der Waals surface area contributed by atoms with Crippen LogP contribution in [0.2, 0.25) is 0 Å². The van der Waals surface area contributed by atoms with Crippen LogP contribution >= 0.6 is 0 Å². The van der Waals surface area contributed by atoms with Crippen LogP contribution in [0.5, 0.6) is 23.0 Å². The van der Waals surface area contributed by atoms with Crippen molar-refractivity contribution in [3.8, 4) is 34.3 Å². The molecule has 4 heterocycles. The van der Waals surface area contributed by atoms with Gasteiger partial charge in [0.2, 0.25) is 29.4 Å². The summed E-state index contributed by atoms with van der Waals surface area (Å²) in [5.41, 5.74) is -3.38. The molecule has 8 N–H and O–H groups in total. The fraction of sp³-hybridized carbons (Fsp3) is 0.529. The molecule has 0 amide bonds. The highest BCUT2D eigenvalue weighted by Crippen LogP contribution is 2.40. The largest absolute Gasteiger partial charge is 0.508 e. The van der Waals surface area contributed by atoms with Crippen molar-refractivity contribution >= 4 is 16.9 Å². The van der Waals surface area contributed by atoms with Crippen LogP contribution in [0.4, 0.5) is 0 Å². The van der Waals surface area contributed by atoms with E-state index in [0.717, 1.165) is 13.2 Å². The van der Waals surface area contributed by atoms with Gasteiger partial charge >= 0.3 is 5.97 Å². The average Bonchev–Trinajstić information content (AvgIpc) is 3.40. The van der Waals surface area contributed by atoms with Gasteiger partial charge in [-0.05, 0) is 45.0 Å². The number of benzene rings is 2. The van der Waals surface area contributed by atoms with Gasteiger partial charge in [0.25, 0.3) is 0 Å². The Morgan fingerprint density at radius 1 is 0.827 bits per heavy atom. The Bertz CT molecular complexity index is 1830. The number of phenolic OH excluding ortho intramolecular Hbond substituents is 2. The van der Waals surface area contributed by atoms with E-state index in [-0.39, 0.29) is 34.8 Å². The molecule has 3 fully saturated rings. The van der Waals surface area contributed by atoms with E-state index < -0.39 is 108 Å². The summed E-state index contributed by atoms with van der Waals surface area (Å²) in [5.74, 6) is -2.93. The van der Waals surface area contributed by atoms with Gasteiger partial charge in [-0.3, -0.25) is 4.79 Å². The molecule has 18 heteroatoms. The Kier molecular flexibility index (Phi) is 10.4. The molecular weight excluding hydrogens is 696 g/mol. The maximum Gasteiger partial charge on any atom is 0.343 e. The highest BCUT2D eigenvalue weighted by Gasteiger charge is 2.57. The second-order valence-electron chi connectivity index (χ2n) is 13.1.